The third kappa shape index (κ3) is 3.11. The summed E-state index contributed by atoms with van der Waals surface area (Å²) in [4.78, 5) is 43.3. The van der Waals surface area contributed by atoms with Gasteiger partial charge in [0.05, 0.1) is 29.8 Å². The summed E-state index contributed by atoms with van der Waals surface area (Å²) in [6, 6.07) is -0.740. The number of cyclic esters (lactones) is 1. The smallest absolute Gasteiger partial charge is 0.311 e. The average Bonchev–Trinajstić information content (AvgIpc) is 3.07. The molecule has 0 aliphatic carbocycles. The van der Waals surface area contributed by atoms with Gasteiger partial charge in [-0.1, -0.05) is 24.3 Å². The fourth-order valence-electron chi connectivity index (χ4n) is 5.08. The van der Waals surface area contributed by atoms with Gasteiger partial charge in [0, 0.05) is 24.4 Å². The Kier molecular flexibility index (Phi) is 5.50. The van der Waals surface area contributed by atoms with Gasteiger partial charge in [-0.05, 0) is 26.7 Å². The van der Waals surface area contributed by atoms with Crippen LogP contribution >= 0.6 is 11.8 Å². The Morgan fingerprint density at radius 2 is 2.07 bits per heavy atom. The van der Waals surface area contributed by atoms with Crippen molar-refractivity contribution in [3.8, 4) is 0 Å². The number of likely N-dealkylation sites (tertiary alicyclic amines) is 1. The van der Waals surface area contributed by atoms with Gasteiger partial charge in [0.1, 0.15) is 6.04 Å². The summed E-state index contributed by atoms with van der Waals surface area (Å²) < 4.78 is 4.66. The van der Waals surface area contributed by atoms with Crippen molar-refractivity contribution in [2.75, 3.05) is 26.3 Å². The number of allylic oxidation sites excluding steroid dienone is 1. The number of ether oxygens (including phenoxy) is 1. The summed E-state index contributed by atoms with van der Waals surface area (Å²) in [5.74, 6) is -2.02. The molecule has 4 rings (SSSR count). The Morgan fingerprint density at radius 3 is 2.79 bits per heavy atom. The Labute approximate surface area is 175 Å². The van der Waals surface area contributed by atoms with E-state index in [1.807, 2.05) is 32.1 Å². The third-order valence-corrected chi connectivity index (χ3v) is 8.09. The first-order valence-corrected chi connectivity index (χ1v) is 11.2. The lowest BCUT2D eigenvalue weighted by molar-refractivity contribution is -0.153. The minimum Gasteiger partial charge on any atom is -0.465 e. The van der Waals surface area contributed by atoms with Crippen molar-refractivity contribution < 1.29 is 24.2 Å². The van der Waals surface area contributed by atoms with Crippen LogP contribution in [0.4, 0.5) is 0 Å². The van der Waals surface area contributed by atoms with E-state index in [1.165, 1.54) is 16.7 Å². The highest BCUT2D eigenvalue weighted by Crippen LogP contribution is 2.60. The molecule has 29 heavy (non-hydrogen) atoms. The highest BCUT2D eigenvalue weighted by atomic mass is 32.2. The van der Waals surface area contributed by atoms with Gasteiger partial charge in [0.25, 0.3) is 0 Å². The highest BCUT2D eigenvalue weighted by Gasteiger charge is 2.70. The third-order valence-electron chi connectivity index (χ3n) is 6.35. The fourth-order valence-corrected chi connectivity index (χ4v) is 7.08. The van der Waals surface area contributed by atoms with Crippen LogP contribution in [-0.2, 0) is 19.1 Å². The topological polar surface area (TPSA) is 87.2 Å². The maximum atomic E-state index is 13.6. The molecular weight excluding hydrogens is 392 g/mol. The second-order valence-corrected chi connectivity index (χ2v) is 9.81. The molecule has 5 atom stereocenters. The molecular formula is C21H28N2O5S. The molecule has 1 spiro atoms. The number of hydrogen-bond acceptors (Lipinski definition) is 6. The Morgan fingerprint density at radius 1 is 1.28 bits per heavy atom. The minimum atomic E-state index is -0.829. The van der Waals surface area contributed by atoms with E-state index in [-0.39, 0.29) is 42.2 Å². The number of aliphatic hydroxyl groups is 1. The molecule has 4 heterocycles. The maximum Gasteiger partial charge on any atom is 0.311 e. The summed E-state index contributed by atoms with van der Waals surface area (Å²) in [6.07, 6.45) is 9.57. The predicted molar refractivity (Wildman–Crippen MR) is 109 cm³/mol. The van der Waals surface area contributed by atoms with E-state index in [4.69, 9.17) is 4.74 Å². The summed E-state index contributed by atoms with van der Waals surface area (Å²) in [7, 11) is 0. The zero-order valence-electron chi connectivity index (χ0n) is 16.8. The van der Waals surface area contributed by atoms with Crippen molar-refractivity contribution >= 4 is 29.5 Å². The largest absolute Gasteiger partial charge is 0.465 e. The molecule has 2 fully saturated rings. The summed E-state index contributed by atoms with van der Waals surface area (Å²) in [5, 5.41) is 9.37. The second kappa shape index (κ2) is 7.80. The van der Waals surface area contributed by atoms with Crippen LogP contribution in [0.5, 0.6) is 0 Å². The van der Waals surface area contributed by atoms with E-state index in [2.05, 4.69) is 6.08 Å². The normalized spacial score (nSPS) is 38.0. The number of thioether (sulfide) groups is 1. The summed E-state index contributed by atoms with van der Waals surface area (Å²) in [6.45, 7) is 4.56. The van der Waals surface area contributed by atoms with Crippen LogP contribution in [-0.4, -0.2) is 81.1 Å². The molecule has 0 aromatic heterocycles. The van der Waals surface area contributed by atoms with E-state index in [0.29, 0.717) is 13.2 Å². The number of β-amino-alcohol motifs (C(OH)–C–C–N with tert-alkyl or cyclic N) is 1. The van der Waals surface area contributed by atoms with E-state index < -0.39 is 22.6 Å². The Balaban J connectivity index is 1.83. The van der Waals surface area contributed by atoms with Crippen molar-refractivity contribution in [3.05, 3.63) is 24.3 Å². The van der Waals surface area contributed by atoms with E-state index >= 15 is 0 Å². The van der Waals surface area contributed by atoms with Crippen LogP contribution in [0.3, 0.4) is 0 Å². The molecule has 2 amide bonds. The zero-order chi connectivity index (χ0) is 20.8. The lowest BCUT2D eigenvalue weighted by atomic mass is 9.78. The van der Waals surface area contributed by atoms with Gasteiger partial charge in [-0.2, -0.15) is 0 Å². The molecule has 8 heteroatoms. The summed E-state index contributed by atoms with van der Waals surface area (Å²) in [5.41, 5.74) is 0. The van der Waals surface area contributed by atoms with Gasteiger partial charge < -0.3 is 19.6 Å². The second-order valence-electron chi connectivity index (χ2n) is 8.32. The average molecular weight is 421 g/mol. The molecule has 4 aliphatic heterocycles. The van der Waals surface area contributed by atoms with Gasteiger partial charge >= 0.3 is 5.97 Å². The number of esters is 1. The highest BCUT2D eigenvalue weighted by molar-refractivity contribution is 8.02. The first-order valence-electron chi connectivity index (χ1n) is 10.3. The molecule has 0 bridgehead atoms. The molecule has 4 aliphatic rings. The van der Waals surface area contributed by atoms with Crippen molar-refractivity contribution in [2.45, 2.75) is 48.8 Å². The molecule has 0 radical (unpaired) electrons. The SMILES string of the molecule is CC(C)N1CC=C[C@]23S[C@@H]4/C=C\CCCOC(=O)[C@@H]4[C@H]2C(=O)N(CCO)C3C1=O. The van der Waals surface area contributed by atoms with Crippen LogP contribution in [0.2, 0.25) is 0 Å². The van der Waals surface area contributed by atoms with Gasteiger partial charge in [-0.25, -0.2) is 0 Å². The monoisotopic (exact) mass is 420 g/mol. The van der Waals surface area contributed by atoms with Crippen molar-refractivity contribution in [3.63, 3.8) is 0 Å². The zero-order valence-corrected chi connectivity index (χ0v) is 17.6. The number of rotatable bonds is 3. The molecule has 2 saturated heterocycles. The number of aliphatic hydroxyl groups excluding tert-OH is 1. The number of carbonyl (C=O) groups is 3. The number of carbonyl (C=O) groups excluding carboxylic acids is 3. The van der Waals surface area contributed by atoms with Crippen molar-refractivity contribution in [1.29, 1.82) is 0 Å². The Hall–Kier alpha value is -1.80. The predicted octanol–water partition coefficient (Wildman–Crippen LogP) is 0.976. The molecule has 0 aromatic rings. The molecule has 1 unspecified atom stereocenters. The fraction of sp³-hybridized carbons (Fsp3) is 0.667. The first-order chi connectivity index (χ1) is 13.9. The lowest BCUT2D eigenvalue weighted by Gasteiger charge is -2.36. The number of fused-ring (bicyclic) bond motifs is 2. The lowest BCUT2D eigenvalue weighted by Crippen LogP contribution is -2.54. The number of hydrogen-bond donors (Lipinski definition) is 1. The van der Waals surface area contributed by atoms with E-state index in [1.54, 1.807) is 4.90 Å². The molecule has 0 saturated carbocycles. The van der Waals surface area contributed by atoms with Gasteiger partial charge in [0.2, 0.25) is 11.8 Å². The standard InChI is InChI=1S/C21H28N2O5S/c1-13(2)22-9-6-8-21-16(18(25)23(10-11-24)17(21)19(22)26)15-14(29-21)7-4-3-5-12-28-20(15)27/h4,6-8,13-17,24H,3,5,9-12H2,1-2H3/b7-4-/t14-,15+,16+,17?,21+/m1/s1. The van der Waals surface area contributed by atoms with E-state index in [9.17, 15) is 19.5 Å². The van der Waals surface area contributed by atoms with Gasteiger partial charge in [-0.15, -0.1) is 11.8 Å². The Bertz CT molecular complexity index is 766. The molecule has 1 N–H and O–H groups in total. The van der Waals surface area contributed by atoms with Gasteiger partial charge in [0.15, 0.2) is 0 Å². The van der Waals surface area contributed by atoms with Crippen molar-refractivity contribution in [1.82, 2.24) is 9.80 Å². The van der Waals surface area contributed by atoms with Crippen LogP contribution in [0, 0.1) is 11.8 Å². The molecule has 158 valence electrons. The maximum absolute atomic E-state index is 13.6. The number of amides is 2. The van der Waals surface area contributed by atoms with Crippen molar-refractivity contribution in [2.24, 2.45) is 11.8 Å². The van der Waals surface area contributed by atoms with E-state index in [0.717, 1.165) is 12.8 Å². The first kappa shape index (κ1) is 20.5. The van der Waals surface area contributed by atoms with Gasteiger partial charge in [-0.3, -0.25) is 14.4 Å². The minimum absolute atomic E-state index is 0.0131. The van der Waals surface area contributed by atoms with Crippen LogP contribution in [0.25, 0.3) is 0 Å². The molecule has 0 aromatic carbocycles. The quantitative estimate of drug-likeness (QED) is 0.541. The molecule has 7 nitrogen and oxygen atoms in total. The van der Waals surface area contributed by atoms with Crippen LogP contribution in [0.1, 0.15) is 26.7 Å². The number of nitrogens with zero attached hydrogens (tertiary/aromatic N) is 2. The van der Waals surface area contributed by atoms with Crippen LogP contribution < -0.4 is 0 Å². The summed E-state index contributed by atoms with van der Waals surface area (Å²) >= 11 is 1.53. The van der Waals surface area contributed by atoms with Crippen LogP contribution in [0.15, 0.2) is 24.3 Å².